The Bertz CT molecular complexity index is 914. The lowest BCUT2D eigenvalue weighted by molar-refractivity contribution is 0.0600. The molecule has 4 nitrogen and oxygen atoms in total. The number of aromatic nitrogens is 2. The molecule has 3 heterocycles. The number of aryl methyl sites for hydroxylation is 2. The first-order chi connectivity index (χ1) is 12.1. The van der Waals surface area contributed by atoms with E-state index in [2.05, 4.69) is 35.1 Å². The molecule has 3 aromatic rings. The van der Waals surface area contributed by atoms with Gasteiger partial charge in [0.15, 0.2) is 0 Å². The minimum Gasteiger partial charge on any atom is -0.350 e. The van der Waals surface area contributed by atoms with E-state index in [1.54, 1.807) is 0 Å². The van der Waals surface area contributed by atoms with Gasteiger partial charge in [-0.25, -0.2) is 0 Å². The first-order valence-corrected chi connectivity index (χ1v) is 8.96. The Hall–Kier alpha value is -2.62. The molecule has 1 atom stereocenters. The predicted molar refractivity (Wildman–Crippen MR) is 99.6 cm³/mol. The van der Waals surface area contributed by atoms with Gasteiger partial charge in [0.2, 0.25) is 0 Å². The van der Waals surface area contributed by atoms with Gasteiger partial charge in [0.25, 0.3) is 5.91 Å². The highest BCUT2D eigenvalue weighted by atomic mass is 16.2. The maximum Gasteiger partial charge on any atom is 0.271 e. The molecule has 128 valence electrons. The molecule has 0 aliphatic carbocycles. The van der Waals surface area contributed by atoms with Crippen molar-refractivity contribution in [3.63, 3.8) is 0 Å². The number of amides is 1. The molecule has 0 bridgehead atoms. The highest BCUT2D eigenvalue weighted by Gasteiger charge is 2.31. The number of piperidine rings is 1. The number of likely N-dealkylation sites (tertiary alicyclic amines) is 1. The lowest BCUT2D eigenvalue weighted by atomic mass is 9.98. The van der Waals surface area contributed by atoms with E-state index in [1.165, 1.54) is 5.56 Å². The van der Waals surface area contributed by atoms with E-state index in [9.17, 15) is 4.79 Å². The van der Waals surface area contributed by atoms with Crippen LogP contribution >= 0.6 is 0 Å². The molecule has 0 saturated carbocycles. The topological polar surface area (TPSA) is 49.0 Å². The summed E-state index contributed by atoms with van der Waals surface area (Å²) in [6.07, 6.45) is 4.97. The quantitative estimate of drug-likeness (QED) is 0.748. The summed E-state index contributed by atoms with van der Waals surface area (Å²) >= 11 is 0. The van der Waals surface area contributed by atoms with Crippen LogP contribution in [0.15, 0.2) is 42.6 Å². The van der Waals surface area contributed by atoms with Gasteiger partial charge in [0, 0.05) is 23.6 Å². The second kappa shape index (κ2) is 6.36. The van der Waals surface area contributed by atoms with Gasteiger partial charge >= 0.3 is 0 Å². The molecule has 4 heteroatoms. The zero-order chi connectivity index (χ0) is 17.4. The van der Waals surface area contributed by atoms with Crippen LogP contribution in [0.3, 0.4) is 0 Å². The van der Waals surface area contributed by atoms with Gasteiger partial charge in [-0.05, 0) is 62.9 Å². The fourth-order valence-electron chi connectivity index (χ4n) is 3.85. The van der Waals surface area contributed by atoms with Gasteiger partial charge in [-0.3, -0.25) is 9.78 Å². The van der Waals surface area contributed by atoms with E-state index in [0.717, 1.165) is 48.0 Å². The number of pyridine rings is 1. The fourth-order valence-corrected chi connectivity index (χ4v) is 3.85. The first kappa shape index (κ1) is 15.9. The van der Waals surface area contributed by atoms with Crippen LogP contribution in [0.4, 0.5) is 0 Å². The minimum absolute atomic E-state index is 0.0648. The number of carbonyl (C=O) groups is 1. The summed E-state index contributed by atoms with van der Waals surface area (Å²) in [5.74, 6) is 0.0849. The van der Waals surface area contributed by atoms with E-state index in [4.69, 9.17) is 0 Å². The molecule has 1 fully saturated rings. The Balaban J connectivity index is 1.72. The molecular weight excluding hydrogens is 310 g/mol. The summed E-state index contributed by atoms with van der Waals surface area (Å²) in [5, 5.41) is 1.13. The maximum absolute atomic E-state index is 13.3. The number of hydrogen-bond donors (Lipinski definition) is 1. The van der Waals surface area contributed by atoms with Gasteiger partial charge in [-0.2, -0.15) is 0 Å². The van der Waals surface area contributed by atoms with E-state index in [1.807, 2.05) is 36.2 Å². The Morgan fingerprint density at radius 2 is 2.08 bits per heavy atom. The Kier molecular flexibility index (Phi) is 4.04. The number of carbonyl (C=O) groups excluding carboxylic acids is 1. The molecule has 1 aliphatic heterocycles. The molecule has 1 aromatic carbocycles. The summed E-state index contributed by atoms with van der Waals surface area (Å²) in [6.45, 7) is 4.90. The summed E-state index contributed by atoms with van der Waals surface area (Å²) in [6, 6.07) is 12.3. The van der Waals surface area contributed by atoms with E-state index in [0.29, 0.717) is 5.69 Å². The monoisotopic (exact) mass is 333 g/mol. The molecular formula is C21H23N3O. The Morgan fingerprint density at radius 3 is 2.88 bits per heavy atom. The molecule has 1 unspecified atom stereocenters. The minimum atomic E-state index is 0.0648. The number of hydrogen-bond acceptors (Lipinski definition) is 2. The Morgan fingerprint density at radius 1 is 1.20 bits per heavy atom. The second-order valence-electron chi connectivity index (χ2n) is 6.94. The highest BCUT2D eigenvalue weighted by molar-refractivity contribution is 6.01. The van der Waals surface area contributed by atoms with Crippen molar-refractivity contribution in [2.45, 2.75) is 39.2 Å². The number of nitrogens with one attached hydrogen (secondary N) is 1. The summed E-state index contributed by atoms with van der Waals surface area (Å²) in [7, 11) is 0. The van der Waals surface area contributed by atoms with Crippen LogP contribution in [0.5, 0.6) is 0 Å². The smallest absolute Gasteiger partial charge is 0.271 e. The number of rotatable bonds is 2. The zero-order valence-corrected chi connectivity index (χ0v) is 14.7. The van der Waals surface area contributed by atoms with Gasteiger partial charge in [-0.15, -0.1) is 0 Å². The second-order valence-corrected chi connectivity index (χ2v) is 6.94. The van der Waals surface area contributed by atoms with E-state index < -0.39 is 0 Å². The Labute approximate surface area is 147 Å². The highest BCUT2D eigenvalue weighted by Crippen LogP contribution is 2.32. The van der Waals surface area contributed by atoms with E-state index in [-0.39, 0.29) is 11.9 Å². The van der Waals surface area contributed by atoms with Crippen molar-refractivity contribution in [2.75, 3.05) is 6.54 Å². The predicted octanol–water partition coefficient (Wildman–Crippen LogP) is 4.55. The molecule has 0 radical (unpaired) electrons. The zero-order valence-electron chi connectivity index (χ0n) is 14.7. The first-order valence-electron chi connectivity index (χ1n) is 8.96. The average Bonchev–Trinajstić information content (AvgIpc) is 2.98. The van der Waals surface area contributed by atoms with Crippen molar-refractivity contribution in [2.24, 2.45) is 0 Å². The summed E-state index contributed by atoms with van der Waals surface area (Å²) in [4.78, 5) is 23.2. The van der Waals surface area contributed by atoms with Crippen LogP contribution < -0.4 is 0 Å². The van der Waals surface area contributed by atoms with Crippen LogP contribution in [-0.4, -0.2) is 27.3 Å². The molecule has 1 saturated heterocycles. The fraction of sp³-hybridized carbons (Fsp3) is 0.333. The number of nitrogens with zero attached hydrogens (tertiary/aromatic N) is 2. The average molecular weight is 333 g/mol. The number of aromatic amines is 1. The number of benzene rings is 1. The van der Waals surface area contributed by atoms with Gasteiger partial charge < -0.3 is 9.88 Å². The molecule has 1 N–H and O–H groups in total. The van der Waals surface area contributed by atoms with Gasteiger partial charge in [-0.1, -0.05) is 17.7 Å². The third-order valence-electron chi connectivity index (χ3n) is 5.22. The van der Waals surface area contributed by atoms with Gasteiger partial charge in [0.1, 0.15) is 5.69 Å². The van der Waals surface area contributed by atoms with Crippen molar-refractivity contribution >= 4 is 16.8 Å². The molecule has 1 aliphatic rings. The lowest BCUT2D eigenvalue weighted by Crippen LogP contribution is -2.39. The van der Waals surface area contributed by atoms with Crippen molar-refractivity contribution in [1.29, 1.82) is 0 Å². The van der Waals surface area contributed by atoms with Crippen LogP contribution in [-0.2, 0) is 0 Å². The molecule has 25 heavy (non-hydrogen) atoms. The van der Waals surface area contributed by atoms with Crippen LogP contribution in [0.2, 0.25) is 0 Å². The van der Waals surface area contributed by atoms with Gasteiger partial charge in [0.05, 0.1) is 11.7 Å². The maximum atomic E-state index is 13.3. The van der Waals surface area contributed by atoms with Crippen molar-refractivity contribution in [3.8, 4) is 0 Å². The molecule has 2 aromatic heterocycles. The van der Waals surface area contributed by atoms with E-state index >= 15 is 0 Å². The van der Waals surface area contributed by atoms with Crippen molar-refractivity contribution in [3.05, 3.63) is 65.1 Å². The largest absolute Gasteiger partial charge is 0.350 e. The van der Waals surface area contributed by atoms with Crippen LogP contribution in [0.1, 0.15) is 52.6 Å². The normalized spacial score (nSPS) is 17.8. The summed E-state index contributed by atoms with van der Waals surface area (Å²) in [5.41, 5.74) is 4.97. The molecule has 4 rings (SSSR count). The SMILES string of the molecule is Cc1ccc2[nH]c(C(=O)N3CCCCC3c3ccccn3)c(C)c2c1. The standard InChI is InChI=1S/C21H23N3O/c1-14-9-10-17-16(13-14)15(2)20(23-17)21(25)24-12-6-4-8-19(24)18-7-3-5-11-22-18/h3,5,7,9-11,13,19,23H,4,6,8,12H2,1-2H3. The molecule has 0 spiro atoms. The summed E-state index contributed by atoms with van der Waals surface area (Å²) < 4.78 is 0. The number of fused-ring (bicyclic) bond motifs is 1. The van der Waals surface area contributed by atoms with Crippen LogP contribution in [0.25, 0.3) is 10.9 Å². The van der Waals surface area contributed by atoms with Crippen molar-refractivity contribution < 1.29 is 4.79 Å². The van der Waals surface area contributed by atoms with Crippen LogP contribution in [0, 0.1) is 13.8 Å². The third kappa shape index (κ3) is 2.82. The molecule has 1 amide bonds. The third-order valence-corrected chi connectivity index (χ3v) is 5.22. The number of H-pyrrole nitrogens is 1. The van der Waals surface area contributed by atoms with Crippen molar-refractivity contribution in [1.82, 2.24) is 14.9 Å². The lowest BCUT2D eigenvalue weighted by Gasteiger charge is -2.35.